The SMILES string of the molecule is CCNC(=NCc1ccc(N(C)C)c(F)c1)NCc1ccc2c(c1)OCO2. The molecule has 0 unspecified atom stereocenters. The van der Waals surface area contributed by atoms with Crippen LogP contribution in [-0.2, 0) is 13.1 Å². The molecule has 144 valence electrons. The molecule has 0 aromatic heterocycles. The van der Waals surface area contributed by atoms with Crippen LogP contribution in [0.1, 0.15) is 18.1 Å². The Morgan fingerprint density at radius 2 is 1.85 bits per heavy atom. The van der Waals surface area contributed by atoms with E-state index >= 15 is 0 Å². The van der Waals surface area contributed by atoms with E-state index in [0.717, 1.165) is 29.2 Å². The fourth-order valence-electron chi connectivity index (χ4n) is 2.76. The second-order valence-corrected chi connectivity index (χ2v) is 6.42. The lowest BCUT2D eigenvalue weighted by molar-refractivity contribution is 0.174. The minimum Gasteiger partial charge on any atom is -0.454 e. The van der Waals surface area contributed by atoms with Crippen molar-refractivity contribution in [2.45, 2.75) is 20.0 Å². The van der Waals surface area contributed by atoms with Gasteiger partial charge in [-0.05, 0) is 42.3 Å². The van der Waals surface area contributed by atoms with Crippen LogP contribution in [0, 0.1) is 5.82 Å². The van der Waals surface area contributed by atoms with Gasteiger partial charge in [0.05, 0.1) is 12.2 Å². The lowest BCUT2D eigenvalue weighted by Crippen LogP contribution is -2.36. The quantitative estimate of drug-likeness (QED) is 0.603. The van der Waals surface area contributed by atoms with Crippen molar-refractivity contribution < 1.29 is 13.9 Å². The zero-order valence-electron chi connectivity index (χ0n) is 15.9. The van der Waals surface area contributed by atoms with Gasteiger partial charge in [-0.1, -0.05) is 12.1 Å². The maximum absolute atomic E-state index is 14.1. The predicted molar refractivity (Wildman–Crippen MR) is 105 cm³/mol. The fraction of sp³-hybridized carbons (Fsp3) is 0.350. The van der Waals surface area contributed by atoms with Gasteiger partial charge in [-0.3, -0.25) is 0 Å². The van der Waals surface area contributed by atoms with Gasteiger partial charge in [0.25, 0.3) is 0 Å². The molecule has 0 fully saturated rings. The normalized spacial score (nSPS) is 12.8. The summed E-state index contributed by atoms with van der Waals surface area (Å²) >= 11 is 0. The molecule has 7 heteroatoms. The summed E-state index contributed by atoms with van der Waals surface area (Å²) < 4.78 is 24.8. The number of rotatable bonds is 6. The number of nitrogens with zero attached hydrogens (tertiary/aromatic N) is 2. The molecular weight excluding hydrogens is 347 g/mol. The predicted octanol–water partition coefficient (Wildman–Crippen LogP) is 2.88. The molecule has 0 saturated carbocycles. The summed E-state index contributed by atoms with van der Waals surface area (Å²) in [4.78, 5) is 6.29. The van der Waals surface area contributed by atoms with Crippen molar-refractivity contribution in [1.29, 1.82) is 0 Å². The topological polar surface area (TPSA) is 58.1 Å². The van der Waals surface area contributed by atoms with E-state index in [-0.39, 0.29) is 12.6 Å². The van der Waals surface area contributed by atoms with Crippen molar-refractivity contribution in [1.82, 2.24) is 10.6 Å². The number of nitrogens with one attached hydrogen (secondary N) is 2. The van der Waals surface area contributed by atoms with Gasteiger partial charge in [0.2, 0.25) is 6.79 Å². The van der Waals surface area contributed by atoms with Gasteiger partial charge >= 0.3 is 0 Å². The molecular formula is C20H25FN4O2. The molecule has 1 heterocycles. The van der Waals surface area contributed by atoms with E-state index in [1.54, 1.807) is 11.0 Å². The number of guanidine groups is 1. The van der Waals surface area contributed by atoms with Crippen molar-refractivity contribution in [3.8, 4) is 11.5 Å². The van der Waals surface area contributed by atoms with Gasteiger partial charge in [0.15, 0.2) is 17.5 Å². The average Bonchev–Trinajstić information content (AvgIpc) is 3.11. The summed E-state index contributed by atoms with van der Waals surface area (Å²) in [5.41, 5.74) is 2.44. The molecule has 0 saturated heterocycles. The molecule has 27 heavy (non-hydrogen) atoms. The number of fused-ring (bicyclic) bond motifs is 1. The van der Waals surface area contributed by atoms with Crippen LogP contribution in [0.3, 0.4) is 0 Å². The second-order valence-electron chi connectivity index (χ2n) is 6.42. The Hall–Kier alpha value is -2.96. The van der Waals surface area contributed by atoms with Crippen LogP contribution in [0.5, 0.6) is 11.5 Å². The molecule has 2 N–H and O–H groups in total. The van der Waals surface area contributed by atoms with E-state index in [9.17, 15) is 4.39 Å². The molecule has 6 nitrogen and oxygen atoms in total. The number of hydrogen-bond donors (Lipinski definition) is 2. The third-order valence-electron chi connectivity index (χ3n) is 4.15. The number of benzene rings is 2. The highest BCUT2D eigenvalue weighted by molar-refractivity contribution is 5.79. The number of anilines is 1. The second kappa shape index (κ2) is 8.62. The molecule has 1 aliphatic rings. The molecule has 2 aromatic rings. The van der Waals surface area contributed by atoms with Gasteiger partial charge in [-0.15, -0.1) is 0 Å². The van der Waals surface area contributed by atoms with Crippen LogP contribution in [0.4, 0.5) is 10.1 Å². The molecule has 3 rings (SSSR count). The van der Waals surface area contributed by atoms with Gasteiger partial charge < -0.3 is 25.0 Å². The average molecular weight is 372 g/mol. The summed E-state index contributed by atoms with van der Waals surface area (Å²) in [6.45, 7) is 3.99. The maximum atomic E-state index is 14.1. The van der Waals surface area contributed by atoms with Crippen LogP contribution in [0.25, 0.3) is 0 Å². The van der Waals surface area contributed by atoms with Crippen molar-refractivity contribution in [3.63, 3.8) is 0 Å². The molecule has 0 spiro atoms. The third-order valence-corrected chi connectivity index (χ3v) is 4.15. The highest BCUT2D eigenvalue weighted by Gasteiger charge is 2.13. The molecule has 0 bridgehead atoms. The van der Waals surface area contributed by atoms with Crippen LogP contribution in [-0.4, -0.2) is 33.4 Å². The van der Waals surface area contributed by atoms with Gasteiger partial charge in [0, 0.05) is 27.2 Å². The highest BCUT2D eigenvalue weighted by Crippen LogP contribution is 2.32. The third kappa shape index (κ3) is 4.81. The Kier molecular flexibility index (Phi) is 6.01. The zero-order chi connectivity index (χ0) is 19.2. The molecule has 2 aromatic carbocycles. The minimum absolute atomic E-state index is 0.244. The van der Waals surface area contributed by atoms with Crippen LogP contribution in [0.2, 0.25) is 0 Å². The first-order chi connectivity index (χ1) is 13.1. The Bertz CT molecular complexity index is 824. The molecule has 1 aliphatic heterocycles. The van der Waals surface area contributed by atoms with Gasteiger partial charge in [-0.2, -0.15) is 0 Å². The first-order valence-corrected chi connectivity index (χ1v) is 8.93. The first-order valence-electron chi connectivity index (χ1n) is 8.93. The largest absolute Gasteiger partial charge is 0.454 e. The Morgan fingerprint density at radius 3 is 2.59 bits per heavy atom. The molecule has 0 atom stereocenters. The van der Waals surface area contributed by atoms with Crippen molar-refractivity contribution >= 4 is 11.6 Å². The summed E-state index contributed by atoms with van der Waals surface area (Å²) in [5, 5.41) is 6.48. The Labute approximate surface area is 159 Å². The lowest BCUT2D eigenvalue weighted by atomic mass is 10.2. The van der Waals surface area contributed by atoms with E-state index in [4.69, 9.17) is 9.47 Å². The number of halogens is 1. The van der Waals surface area contributed by atoms with E-state index < -0.39 is 0 Å². The monoisotopic (exact) mass is 372 g/mol. The van der Waals surface area contributed by atoms with Gasteiger partial charge in [-0.25, -0.2) is 9.38 Å². The first kappa shape index (κ1) is 18.8. The molecule has 0 amide bonds. The van der Waals surface area contributed by atoms with E-state index in [2.05, 4.69) is 15.6 Å². The lowest BCUT2D eigenvalue weighted by Gasteiger charge is -2.14. The Balaban J connectivity index is 1.63. The smallest absolute Gasteiger partial charge is 0.231 e. The minimum atomic E-state index is -0.244. The van der Waals surface area contributed by atoms with E-state index in [0.29, 0.717) is 24.7 Å². The standard InChI is InChI=1S/C20H25FN4O2/c1-4-22-20(23-11-14-5-7-17(25(2)3)16(21)9-14)24-12-15-6-8-18-19(10-15)27-13-26-18/h5-10H,4,11-13H2,1-3H3,(H2,22,23,24). The number of aliphatic imine (C=N–C) groups is 1. The van der Waals surface area contributed by atoms with Crippen LogP contribution >= 0.6 is 0 Å². The molecule has 0 aliphatic carbocycles. The summed E-state index contributed by atoms with van der Waals surface area (Å²) in [5.74, 6) is 1.95. The zero-order valence-corrected chi connectivity index (χ0v) is 15.9. The van der Waals surface area contributed by atoms with Crippen molar-refractivity contribution in [3.05, 3.63) is 53.3 Å². The van der Waals surface area contributed by atoms with Crippen LogP contribution in [0.15, 0.2) is 41.4 Å². The van der Waals surface area contributed by atoms with E-state index in [1.807, 2.05) is 45.3 Å². The summed E-state index contributed by atoms with van der Waals surface area (Å²) in [7, 11) is 3.64. The van der Waals surface area contributed by atoms with E-state index in [1.165, 1.54) is 6.07 Å². The summed E-state index contributed by atoms with van der Waals surface area (Å²) in [6.07, 6.45) is 0. The fourth-order valence-corrected chi connectivity index (χ4v) is 2.76. The molecule has 0 radical (unpaired) electrons. The van der Waals surface area contributed by atoms with Gasteiger partial charge in [0.1, 0.15) is 5.82 Å². The Morgan fingerprint density at radius 1 is 1.07 bits per heavy atom. The maximum Gasteiger partial charge on any atom is 0.231 e. The van der Waals surface area contributed by atoms with Crippen molar-refractivity contribution in [2.24, 2.45) is 4.99 Å². The highest BCUT2D eigenvalue weighted by atomic mass is 19.1. The van der Waals surface area contributed by atoms with Crippen LogP contribution < -0.4 is 25.0 Å². The summed E-state index contributed by atoms with van der Waals surface area (Å²) in [6, 6.07) is 11.0. The van der Waals surface area contributed by atoms with Crippen molar-refractivity contribution in [2.75, 3.05) is 32.3 Å². The number of ether oxygens (including phenoxy) is 2. The number of hydrogen-bond acceptors (Lipinski definition) is 4.